The molecule has 0 aliphatic heterocycles. The van der Waals surface area contributed by atoms with Crippen LogP contribution >= 0.6 is 23.1 Å². The summed E-state index contributed by atoms with van der Waals surface area (Å²) in [6.07, 6.45) is 0. The van der Waals surface area contributed by atoms with Crippen molar-refractivity contribution in [1.82, 2.24) is 30.3 Å². The molecular weight excluding hydrogens is 554 g/mol. The largest absolute Gasteiger partial charge is 0.493 e. The molecule has 0 saturated heterocycles. The van der Waals surface area contributed by atoms with E-state index < -0.39 is 0 Å². The molecule has 12 nitrogen and oxygen atoms in total. The standard InChI is InChI=1S/C26H29N7O5S2/c1-14-8-7-9-18(15(14)2)33-21(30-32-26(33)39-13-22(34)28-25-31-29-16(3)40-25)12-27-24(35)17-10-19(36-4)23(38-6)20(11-17)37-5/h7-11H,12-13H2,1-6H3,(H,27,35)(H,28,31,34). The highest BCUT2D eigenvalue weighted by atomic mass is 32.2. The van der Waals surface area contributed by atoms with Gasteiger partial charge in [-0.25, -0.2) is 0 Å². The Labute approximate surface area is 239 Å². The van der Waals surface area contributed by atoms with E-state index in [1.54, 1.807) is 12.1 Å². The number of benzene rings is 2. The van der Waals surface area contributed by atoms with Crippen LogP contribution in [0.1, 0.15) is 32.3 Å². The molecule has 40 heavy (non-hydrogen) atoms. The average Bonchev–Trinajstić information content (AvgIpc) is 3.56. The predicted octanol–water partition coefficient (Wildman–Crippen LogP) is 3.73. The van der Waals surface area contributed by atoms with Gasteiger partial charge in [-0.1, -0.05) is 35.2 Å². The Morgan fingerprint density at radius 3 is 2.33 bits per heavy atom. The number of ether oxygens (including phenoxy) is 3. The van der Waals surface area contributed by atoms with Crippen molar-refractivity contribution in [2.24, 2.45) is 0 Å². The van der Waals surface area contributed by atoms with E-state index in [9.17, 15) is 9.59 Å². The molecule has 0 atom stereocenters. The van der Waals surface area contributed by atoms with E-state index >= 15 is 0 Å². The van der Waals surface area contributed by atoms with Crippen LogP contribution < -0.4 is 24.8 Å². The van der Waals surface area contributed by atoms with Gasteiger partial charge in [0.2, 0.25) is 16.8 Å². The number of thioether (sulfide) groups is 1. The number of methoxy groups -OCH3 is 3. The lowest BCUT2D eigenvalue weighted by Gasteiger charge is -2.15. The number of hydrogen-bond acceptors (Lipinski definition) is 11. The molecule has 0 radical (unpaired) electrons. The second-order valence-corrected chi connectivity index (χ2v) is 10.6. The smallest absolute Gasteiger partial charge is 0.251 e. The van der Waals surface area contributed by atoms with Crippen molar-refractivity contribution in [3.05, 3.63) is 57.9 Å². The molecule has 210 valence electrons. The van der Waals surface area contributed by atoms with Crippen LogP contribution in [0.3, 0.4) is 0 Å². The van der Waals surface area contributed by atoms with Crippen LogP contribution in [-0.4, -0.2) is 63.9 Å². The maximum Gasteiger partial charge on any atom is 0.251 e. The van der Waals surface area contributed by atoms with Gasteiger partial charge in [0, 0.05) is 5.56 Å². The third-order valence-corrected chi connectivity index (χ3v) is 7.64. The van der Waals surface area contributed by atoms with E-state index in [0.29, 0.717) is 38.9 Å². The number of hydrogen-bond donors (Lipinski definition) is 2. The van der Waals surface area contributed by atoms with Gasteiger partial charge in [-0.2, -0.15) is 0 Å². The Bertz CT molecular complexity index is 1510. The van der Waals surface area contributed by atoms with Crippen LogP contribution in [0, 0.1) is 20.8 Å². The number of rotatable bonds is 11. The first-order valence-electron chi connectivity index (χ1n) is 12.1. The quantitative estimate of drug-likeness (QED) is 0.251. The lowest BCUT2D eigenvalue weighted by molar-refractivity contribution is -0.113. The molecule has 14 heteroatoms. The number of carbonyl (C=O) groups excluding carboxylic acids is 2. The summed E-state index contributed by atoms with van der Waals surface area (Å²) in [5, 5.41) is 23.9. The fraction of sp³-hybridized carbons (Fsp3) is 0.308. The van der Waals surface area contributed by atoms with Crippen LogP contribution in [0.15, 0.2) is 35.5 Å². The number of carbonyl (C=O) groups is 2. The number of aryl methyl sites for hydroxylation is 2. The van der Waals surface area contributed by atoms with Gasteiger partial charge >= 0.3 is 0 Å². The molecular formula is C26H29N7O5S2. The number of nitrogens with zero attached hydrogens (tertiary/aromatic N) is 5. The Balaban J connectivity index is 1.57. The second kappa shape index (κ2) is 12.8. The Morgan fingerprint density at radius 1 is 0.975 bits per heavy atom. The second-order valence-electron chi connectivity index (χ2n) is 8.51. The van der Waals surface area contributed by atoms with Gasteiger partial charge in [0.05, 0.1) is 39.3 Å². The molecule has 2 amide bonds. The van der Waals surface area contributed by atoms with Gasteiger partial charge in [-0.15, -0.1) is 20.4 Å². The molecule has 2 aromatic carbocycles. The van der Waals surface area contributed by atoms with Gasteiger partial charge in [-0.3, -0.25) is 19.5 Å². The molecule has 2 aromatic heterocycles. The highest BCUT2D eigenvalue weighted by Gasteiger charge is 2.21. The Kier molecular flexibility index (Phi) is 9.22. The monoisotopic (exact) mass is 583 g/mol. The SMILES string of the molecule is COc1cc(C(=O)NCc2nnc(SCC(=O)Nc3nnc(C)s3)n2-c2cccc(C)c2C)cc(OC)c1OC. The van der Waals surface area contributed by atoms with Crippen molar-refractivity contribution in [3.63, 3.8) is 0 Å². The zero-order valence-electron chi connectivity index (χ0n) is 22.9. The molecule has 2 N–H and O–H groups in total. The van der Waals surface area contributed by atoms with E-state index in [0.717, 1.165) is 21.8 Å². The number of nitrogens with one attached hydrogen (secondary N) is 2. The Hall–Kier alpha value is -4.17. The maximum atomic E-state index is 13.1. The van der Waals surface area contributed by atoms with Crippen molar-refractivity contribution in [1.29, 1.82) is 0 Å². The maximum absolute atomic E-state index is 13.1. The first-order valence-corrected chi connectivity index (χ1v) is 13.9. The fourth-order valence-electron chi connectivity index (χ4n) is 3.83. The first kappa shape index (κ1) is 28.8. The average molecular weight is 584 g/mol. The fourth-order valence-corrected chi connectivity index (χ4v) is 5.21. The molecule has 0 spiro atoms. The van der Waals surface area contributed by atoms with E-state index in [1.165, 1.54) is 44.4 Å². The summed E-state index contributed by atoms with van der Waals surface area (Å²) in [5.41, 5.74) is 3.28. The van der Waals surface area contributed by atoms with Crippen LogP contribution in [0.2, 0.25) is 0 Å². The van der Waals surface area contributed by atoms with Crippen LogP contribution in [0.4, 0.5) is 5.13 Å². The molecule has 0 saturated carbocycles. The highest BCUT2D eigenvalue weighted by molar-refractivity contribution is 7.99. The molecule has 0 bridgehead atoms. The first-order chi connectivity index (χ1) is 19.2. The van der Waals surface area contributed by atoms with Crippen molar-refractivity contribution in [3.8, 4) is 22.9 Å². The van der Waals surface area contributed by atoms with Crippen molar-refractivity contribution in [2.45, 2.75) is 32.5 Å². The minimum absolute atomic E-state index is 0.0761. The number of anilines is 1. The summed E-state index contributed by atoms with van der Waals surface area (Å²) in [6, 6.07) is 9.05. The van der Waals surface area contributed by atoms with E-state index in [-0.39, 0.29) is 24.1 Å². The van der Waals surface area contributed by atoms with Gasteiger partial charge in [0.15, 0.2) is 22.5 Å². The highest BCUT2D eigenvalue weighted by Crippen LogP contribution is 2.38. The summed E-state index contributed by atoms with van der Waals surface area (Å²) in [5.74, 6) is 1.10. The molecule has 0 fully saturated rings. The van der Waals surface area contributed by atoms with Crippen molar-refractivity contribution in [2.75, 3.05) is 32.4 Å². The topological polar surface area (TPSA) is 142 Å². The lowest BCUT2D eigenvalue weighted by atomic mass is 10.1. The third kappa shape index (κ3) is 6.34. The van der Waals surface area contributed by atoms with Crippen LogP contribution in [-0.2, 0) is 11.3 Å². The third-order valence-electron chi connectivity index (χ3n) is 5.96. The number of aromatic nitrogens is 5. The van der Waals surface area contributed by atoms with E-state index in [1.807, 2.05) is 43.5 Å². The normalized spacial score (nSPS) is 10.8. The van der Waals surface area contributed by atoms with Crippen LogP contribution in [0.5, 0.6) is 17.2 Å². The van der Waals surface area contributed by atoms with E-state index in [4.69, 9.17) is 14.2 Å². The summed E-state index contributed by atoms with van der Waals surface area (Å²) in [6.45, 7) is 5.91. The molecule has 4 aromatic rings. The van der Waals surface area contributed by atoms with Crippen molar-refractivity contribution >= 4 is 40.0 Å². The molecule has 0 aliphatic rings. The molecule has 2 heterocycles. The minimum Gasteiger partial charge on any atom is -0.493 e. The molecule has 0 aliphatic carbocycles. The van der Waals surface area contributed by atoms with Gasteiger partial charge in [0.1, 0.15) is 5.01 Å². The molecule has 0 unspecified atom stereocenters. The summed E-state index contributed by atoms with van der Waals surface area (Å²) >= 11 is 2.53. The zero-order chi connectivity index (χ0) is 28.8. The predicted molar refractivity (Wildman–Crippen MR) is 152 cm³/mol. The number of amides is 2. The minimum atomic E-state index is -0.365. The van der Waals surface area contributed by atoms with Gasteiger partial charge in [0.25, 0.3) is 5.91 Å². The van der Waals surface area contributed by atoms with Crippen LogP contribution in [0.25, 0.3) is 5.69 Å². The van der Waals surface area contributed by atoms with Gasteiger partial charge in [-0.05, 0) is 50.1 Å². The summed E-state index contributed by atoms with van der Waals surface area (Å²) in [4.78, 5) is 25.7. The van der Waals surface area contributed by atoms with Gasteiger partial charge < -0.3 is 19.5 Å². The van der Waals surface area contributed by atoms with E-state index in [2.05, 4.69) is 31.0 Å². The summed E-state index contributed by atoms with van der Waals surface area (Å²) in [7, 11) is 4.47. The zero-order valence-corrected chi connectivity index (χ0v) is 24.5. The van der Waals surface area contributed by atoms with Crippen molar-refractivity contribution < 1.29 is 23.8 Å². The Morgan fingerprint density at radius 2 is 1.70 bits per heavy atom. The lowest BCUT2D eigenvalue weighted by Crippen LogP contribution is -2.25. The molecule has 4 rings (SSSR count). The summed E-state index contributed by atoms with van der Waals surface area (Å²) < 4.78 is 17.9.